The summed E-state index contributed by atoms with van der Waals surface area (Å²) in [4.78, 5) is 14.6. The molecule has 124 valence electrons. The van der Waals surface area contributed by atoms with Gasteiger partial charge >= 0.3 is 0 Å². The van der Waals surface area contributed by atoms with Crippen LogP contribution < -0.4 is 5.32 Å². The molecule has 23 heavy (non-hydrogen) atoms. The number of hydrogen-bond acceptors (Lipinski definition) is 3. The Bertz CT molecular complexity index is 636. The third kappa shape index (κ3) is 3.94. The molecule has 3 unspecified atom stereocenters. The molecule has 0 bridgehead atoms. The molecule has 0 radical (unpaired) electrons. The minimum Gasteiger partial charge on any atom is -0.459 e. The normalized spacial score (nSPS) is 23.8. The first-order chi connectivity index (χ1) is 11.0. The summed E-state index contributed by atoms with van der Waals surface area (Å²) in [6.45, 7) is 8.99. The number of furan rings is 1. The van der Waals surface area contributed by atoms with Crippen LogP contribution in [0.5, 0.6) is 0 Å². The Hall–Kier alpha value is -1.81. The summed E-state index contributed by atoms with van der Waals surface area (Å²) < 4.78 is 5.83. The molecular formula is C19H26N2O2. The van der Waals surface area contributed by atoms with E-state index in [4.69, 9.17) is 4.42 Å². The van der Waals surface area contributed by atoms with Gasteiger partial charge < -0.3 is 9.73 Å². The molecule has 3 atom stereocenters. The van der Waals surface area contributed by atoms with Crippen molar-refractivity contribution in [3.8, 4) is 0 Å². The number of rotatable bonds is 4. The minimum atomic E-state index is -0.116. The van der Waals surface area contributed by atoms with Crippen LogP contribution in [-0.2, 0) is 4.79 Å². The maximum absolute atomic E-state index is 12.3. The second-order valence-corrected chi connectivity index (χ2v) is 7.12. The van der Waals surface area contributed by atoms with Gasteiger partial charge in [-0.05, 0) is 37.3 Å². The van der Waals surface area contributed by atoms with Gasteiger partial charge in [0.2, 0.25) is 5.91 Å². The first-order valence-electron chi connectivity index (χ1n) is 8.51. The van der Waals surface area contributed by atoms with Crippen LogP contribution in [0, 0.1) is 11.8 Å². The lowest BCUT2D eigenvalue weighted by Crippen LogP contribution is -2.44. The first-order valence-corrected chi connectivity index (χ1v) is 8.51. The van der Waals surface area contributed by atoms with E-state index in [1.54, 1.807) is 0 Å². The number of piperidine rings is 1. The number of hydrogen-bond donors (Lipinski definition) is 1. The van der Waals surface area contributed by atoms with Crippen molar-refractivity contribution in [3.63, 3.8) is 0 Å². The molecule has 1 saturated heterocycles. The van der Waals surface area contributed by atoms with E-state index in [1.807, 2.05) is 37.3 Å². The number of likely N-dealkylation sites (tertiary alicyclic amines) is 1. The molecule has 1 aliphatic rings. The van der Waals surface area contributed by atoms with Crippen LogP contribution in [0.15, 0.2) is 34.7 Å². The fraction of sp³-hybridized carbons (Fsp3) is 0.526. The lowest BCUT2D eigenvalue weighted by Gasteiger charge is -2.34. The maximum atomic E-state index is 12.3. The Morgan fingerprint density at radius 1 is 1.30 bits per heavy atom. The summed E-state index contributed by atoms with van der Waals surface area (Å²) in [7, 11) is 0. The van der Waals surface area contributed by atoms with E-state index in [-0.39, 0.29) is 11.9 Å². The van der Waals surface area contributed by atoms with Gasteiger partial charge in [-0.1, -0.05) is 32.0 Å². The van der Waals surface area contributed by atoms with E-state index in [2.05, 4.69) is 24.1 Å². The highest BCUT2D eigenvalue weighted by Crippen LogP contribution is 2.24. The van der Waals surface area contributed by atoms with Crippen molar-refractivity contribution >= 4 is 16.9 Å². The predicted octanol–water partition coefficient (Wildman–Crippen LogP) is 3.59. The Morgan fingerprint density at radius 3 is 2.70 bits per heavy atom. The van der Waals surface area contributed by atoms with E-state index < -0.39 is 0 Å². The zero-order chi connectivity index (χ0) is 16.4. The van der Waals surface area contributed by atoms with E-state index in [0.717, 1.165) is 29.8 Å². The Balaban J connectivity index is 1.58. The fourth-order valence-electron chi connectivity index (χ4n) is 3.70. The number of para-hydroxylation sites is 1. The third-order valence-electron chi connectivity index (χ3n) is 4.56. The Kier molecular flexibility index (Phi) is 4.71. The number of carbonyl (C=O) groups is 1. The first kappa shape index (κ1) is 16.1. The predicted molar refractivity (Wildman–Crippen MR) is 92.2 cm³/mol. The number of nitrogens with one attached hydrogen (secondary N) is 1. The molecule has 2 heterocycles. The summed E-state index contributed by atoms with van der Waals surface area (Å²) >= 11 is 0. The van der Waals surface area contributed by atoms with Crippen molar-refractivity contribution in [1.82, 2.24) is 10.2 Å². The van der Waals surface area contributed by atoms with Gasteiger partial charge in [-0.15, -0.1) is 0 Å². The Morgan fingerprint density at radius 2 is 2.00 bits per heavy atom. The van der Waals surface area contributed by atoms with Crippen LogP contribution >= 0.6 is 0 Å². The summed E-state index contributed by atoms with van der Waals surface area (Å²) in [6, 6.07) is 9.80. The molecule has 1 fully saturated rings. The minimum absolute atomic E-state index is 0.0688. The van der Waals surface area contributed by atoms with E-state index in [0.29, 0.717) is 18.4 Å². The van der Waals surface area contributed by atoms with E-state index >= 15 is 0 Å². The van der Waals surface area contributed by atoms with Crippen LogP contribution in [0.4, 0.5) is 0 Å². The standard InChI is InChI=1S/C19H26N2O2/c1-13-8-14(2)11-21(10-13)12-19(22)20-15(3)18-9-16-6-4-5-7-17(16)23-18/h4-7,9,13-15H,8,10-12H2,1-3H3,(H,20,22). The number of amides is 1. The highest BCUT2D eigenvalue weighted by atomic mass is 16.3. The SMILES string of the molecule is CC1CC(C)CN(CC(=O)NC(C)c2cc3ccccc3o2)C1. The second-order valence-electron chi connectivity index (χ2n) is 7.12. The van der Waals surface area contributed by atoms with Gasteiger partial charge in [-0.3, -0.25) is 9.69 Å². The van der Waals surface area contributed by atoms with Crippen molar-refractivity contribution in [2.75, 3.05) is 19.6 Å². The van der Waals surface area contributed by atoms with Crippen molar-refractivity contribution in [2.24, 2.45) is 11.8 Å². The molecule has 4 nitrogen and oxygen atoms in total. The highest BCUT2D eigenvalue weighted by molar-refractivity contribution is 5.80. The number of benzene rings is 1. The number of carbonyl (C=O) groups excluding carboxylic acids is 1. The van der Waals surface area contributed by atoms with Crippen molar-refractivity contribution in [3.05, 3.63) is 36.1 Å². The molecule has 0 spiro atoms. The van der Waals surface area contributed by atoms with Crippen molar-refractivity contribution in [1.29, 1.82) is 0 Å². The average Bonchev–Trinajstić information content (AvgIpc) is 2.89. The van der Waals surface area contributed by atoms with Crippen LogP contribution in [0.2, 0.25) is 0 Å². The van der Waals surface area contributed by atoms with E-state index in [9.17, 15) is 4.79 Å². The summed E-state index contributed by atoms with van der Waals surface area (Å²) in [5, 5.41) is 4.13. The fourth-order valence-corrected chi connectivity index (χ4v) is 3.70. The molecule has 1 amide bonds. The summed E-state index contributed by atoms with van der Waals surface area (Å²) in [6.07, 6.45) is 1.26. The molecule has 1 aliphatic heterocycles. The molecule has 4 heteroatoms. The zero-order valence-electron chi connectivity index (χ0n) is 14.2. The molecule has 1 N–H and O–H groups in total. The summed E-state index contributed by atoms with van der Waals surface area (Å²) in [5.41, 5.74) is 0.863. The van der Waals surface area contributed by atoms with Gasteiger partial charge in [-0.2, -0.15) is 0 Å². The van der Waals surface area contributed by atoms with Crippen LogP contribution in [-0.4, -0.2) is 30.4 Å². The zero-order valence-corrected chi connectivity index (χ0v) is 14.2. The van der Waals surface area contributed by atoms with Crippen LogP contribution in [0.25, 0.3) is 11.0 Å². The number of nitrogens with zero attached hydrogens (tertiary/aromatic N) is 1. The van der Waals surface area contributed by atoms with Gasteiger partial charge in [0, 0.05) is 18.5 Å². The molecule has 3 rings (SSSR count). The molecule has 1 aromatic carbocycles. The van der Waals surface area contributed by atoms with Gasteiger partial charge in [-0.25, -0.2) is 0 Å². The van der Waals surface area contributed by atoms with Crippen molar-refractivity contribution in [2.45, 2.75) is 33.2 Å². The lowest BCUT2D eigenvalue weighted by molar-refractivity contribution is -0.123. The lowest BCUT2D eigenvalue weighted by atomic mass is 9.92. The molecule has 0 saturated carbocycles. The van der Waals surface area contributed by atoms with Gasteiger partial charge in [0.05, 0.1) is 12.6 Å². The van der Waals surface area contributed by atoms with E-state index in [1.165, 1.54) is 6.42 Å². The Labute approximate surface area is 137 Å². The van der Waals surface area contributed by atoms with Crippen molar-refractivity contribution < 1.29 is 9.21 Å². The van der Waals surface area contributed by atoms with Gasteiger partial charge in [0.15, 0.2) is 0 Å². The second kappa shape index (κ2) is 6.75. The largest absolute Gasteiger partial charge is 0.459 e. The highest BCUT2D eigenvalue weighted by Gasteiger charge is 2.24. The smallest absolute Gasteiger partial charge is 0.234 e. The average molecular weight is 314 g/mol. The van der Waals surface area contributed by atoms with Gasteiger partial charge in [0.25, 0.3) is 0 Å². The summed E-state index contributed by atoms with van der Waals surface area (Å²) in [5.74, 6) is 2.21. The topological polar surface area (TPSA) is 45.5 Å². The van der Waals surface area contributed by atoms with Gasteiger partial charge in [0.1, 0.15) is 11.3 Å². The molecular weight excluding hydrogens is 288 g/mol. The monoisotopic (exact) mass is 314 g/mol. The third-order valence-corrected chi connectivity index (χ3v) is 4.56. The van der Waals surface area contributed by atoms with Crippen LogP contribution in [0.3, 0.4) is 0 Å². The number of fused-ring (bicyclic) bond motifs is 1. The molecule has 2 aromatic rings. The van der Waals surface area contributed by atoms with Crippen LogP contribution in [0.1, 0.15) is 39.0 Å². The quantitative estimate of drug-likeness (QED) is 0.938. The maximum Gasteiger partial charge on any atom is 0.234 e. The molecule has 1 aromatic heterocycles. The molecule has 0 aliphatic carbocycles.